The Morgan fingerprint density at radius 1 is 1.43 bits per heavy atom. The average molecular weight is 307 g/mol. The van der Waals surface area contributed by atoms with Crippen molar-refractivity contribution in [3.8, 4) is 0 Å². The van der Waals surface area contributed by atoms with Gasteiger partial charge < -0.3 is 15.8 Å². The number of halogens is 1. The minimum Gasteiger partial charge on any atom is -0.381 e. The van der Waals surface area contributed by atoms with Gasteiger partial charge in [0.1, 0.15) is 0 Å². The highest BCUT2D eigenvalue weighted by molar-refractivity contribution is 6.31. The van der Waals surface area contributed by atoms with E-state index < -0.39 is 5.91 Å². The summed E-state index contributed by atoms with van der Waals surface area (Å²) in [5.74, 6) is -0.616. The maximum absolute atomic E-state index is 11.6. The first-order valence-electron chi connectivity index (χ1n) is 6.63. The van der Waals surface area contributed by atoms with Crippen molar-refractivity contribution >= 4 is 34.1 Å². The Morgan fingerprint density at radius 3 is 2.86 bits per heavy atom. The van der Waals surface area contributed by atoms with Crippen LogP contribution in [-0.2, 0) is 4.74 Å². The van der Waals surface area contributed by atoms with Gasteiger partial charge in [-0.05, 0) is 31.0 Å². The molecule has 1 saturated carbocycles. The predicted octanol–water partition coefficient (Wildman–Crippen LogP) is 1.97. The molecule has 1 fully saturated rings. The lowest BCUT2D eigenvalue weighted by molar-refractivity contribution is 0.0329. The number of hydrogen-bond donors (Lipinski definition) is 2. The number of carbonyl (C=O) groups excluding carboxylic acids is 1. The van der Waals surface area contributed by atoms with Gasteiger partial charge in [-0.2, -0.15) is 0 Å². The minimum absolute atomic E-state index is 0.130. The summed E-state index contributed by atoms with van der Waals surface area (Å²) >= 11 is 6.04. The van der Waals surface area contributed by atoms with Crippen molar-refractivity contribution in [3.63, 3.8) is 0 Å². The van der Waals surface area contributed by atoms with Crippen molar-refractivity contribution in [3.05, 3.63) is 28.9 Å². The summed E-state index contributed by atoms with van der Waals surface area (Å²) in [5.41, 5.74) is 6.78. The number of nitrogens with two attached hydrogens (primary N) is 1. The van der Waals surface area contributed by atoms with Crippen molar-refractivity contribution < 1.29 is 9.53 Å². The van der Waals surface area contributed by atoms with E-state index in [0.29, 0.717) is 16.2 Å². The molecule has 3 N–H and O–H groups in total. The monoisotopic (exact) mass is 306 g/mol. The second-order valence-corrected chi connectivity index (χ2v) is 5.56. The third kappa shape index (κ3) is 2.64. The number of carbonyl (C=O) groups is 1. The third-order valence-electron chi connectivity index (χ3n) is 3.73. The van der Waals surface area contributed by atoms with Gasteiger partial charge >= 0.3 is 0 Å². The number of benzene rings is 1. The Kier molecular flexibility index (Phi) is 3.65. The number of nitrogens with zero attached hydrogens (tertiary/aromatic N) is 2. The highest BCUT2D eigenvalue weighted by atomic mass is 35.5. The first kappa shape index (κ1) is 14.0. The molecule has 6 nitrogen and oxygen atoms in total. The molecule has 7 heteroatoms. The van der Waals surface area contributed by atoms with E-state index in [1.807, 2.05) is 0 Å². The molecule has 1 aliphatic rings. The van der Waals surface area contributed by atoms with Crippen LogP contribution < -0.4 is 11.1 Å². The van der Waals surface area contributed by atoms with Crippen molar-refractivity contribution in [2.45, 2.75) is 25.0 Å². The zero-order valence-electron chi connectivity index (χ0n) is 11.5. The highest BCUT2D eigenvalue weighted by Gasteiger charge is 2.30. The molecule has 2 aromatic rings. The van der Waals surface area contributed by atoms with Crippen LogP contribution >= 0.6 is 11.6 Å². The van der Waals surface area contributed by atoms with Crippen LogP contribution in [0, 0.1) is 0 Å². The fraction of sp³-hybridized carbons (Fsp3) is 0.357. The van der Waals surface area contributed by atoms with Gasteiger partial charge in [0.25, 0.3) is 5.91 Å². The number of nitrogens with one attached hydrogen (secondary N) is 1. The summed E-state index contributed by atoms with van der Waals surface area (Å²) < 4.78 is 5.26. The van der Waals surface area contributed by atoms with Gasteiger partial charge in [-0.25, -0.2) is 0 Å². The van der Waals surface area contributed by atoms with Gasteiger partial charge in [-0.15, -0.1) is 10.2 Å². The highest BCUT2D eigenvalue weighted by Crippen LogP contribution is 2.32. The van der Waals surface area contributed by atoms with Crippen molar-refractivity contribution in [1.29, 1.82) is 0 Å². The van der Waals surface area contributed by atoms with Gasteiger partial charge in [0.15, 0.2) is 5.69 Å². The number of anilines is 1. The van der Waals surface area contributed by atoms with Crippen LogP contribution in [0.2, 0.25) is 5.02 Å². The molecule has 1 heterocycles. The number of primary amides is 1. The molecule has 110 valence electrons. The van der Waals surface area contributed by atoms with E-state index in [1.54, 1.807) is 25.3 Å². The Bertz CT molecular complexity index is 701. The zero-order chi connectivity index (χ0) is 15.0. The summed E-state index contributed by atoms with van der Waals surface area (Å²) in [7, 11) is 1.69. The van der Waals surface area contributed by atoms with Gasteiger partial charge in [0.2, 0.25) is 0 Å². The Balaban J connectivity index is 2.02. The number of rotatable bonds is 4. The summed E-state index contributed by atoms with van der Waals surface area (Å²) in [6.45, 7) is 0. The molecule has 1 aliphatic carbocycles. The first-order valence-corrected chi connectivity index (χ1v) is 7.01. The summed E-state index contributed by atoms with van der Waals surface area (Å²) in [5, 5.41) is 12.6. The van der Waals surface area contributed by atoms with E-state index in [-0.39, 0.29) is 17.8 Å². The van der Waals surface area contributed by atoms with E-state index in [4.69, 9.17) is 22.1 Å². The fourth-order valence-corrected chi connectivity index (χ4v) is 2.65. The maximum atomic E-state index is 11.6. The van der Waals surface area contributed by atoms with Crippen LogP contribution in [-0.4, -0.2) is 35.4 Å². The van der Waals surface area contributed by atoms with Crippen LogP contribution in [0.5, 0.6) is 0 Å². The molecule has 1 aromatic heterocycles. The molecular weight excluding hydrogens is 292 g/mol. The number of hydrogen-bond acceptors (Lipinski definition) is 5. The number of aromatic nitrogens is 2. The molecule has 21 heavy (non-hydrogen) atoms. The molecule has 0 radical (unpaired) electrons. The third-order valence-corrected chi connectivity index (χ3v) is 3.97. The van der Waals surface area contributed by atoms with Crippen LogP contribution in [0.4, 0.5) is 5.69 Å². The molecule has 1 amide bonds. The van der Waals surface area contributed by atoms with E-state index in [0.717, 1.165) is 18.2 Å². The van der Waals surface area contributed by atoms with E-state index in [2.05, 4.69) is 15.5 Å². The summed E-state index contributed by atoms with van der Waals surface area (Å²) in [6, 6.07) is 5.47. The second-order valence-electron chi connectivity index (χ2n) is 5.12. The van der Waals surface area contributed by atoms with Crippen molar-refractivity contribution in [2.24, 2.45) is 5.73 Å². The first-order chi connectivity index (χ1) is 10.1. The number of ether oxygens (including phenoxy) is 1. The molecule has 0 bridgehead atoms. The Morgan fingerprint density at radius 2 is 2.19 bits per heavy atom. The van der Waals surface area contributed by atoms with Gasteiger partial charge in [0.05, 0.1) is 17.3 Å². The summed E-state index contributed by atoms with van der Waals surface area (Å²) in [6.07, 6.45) is 2.00. The fourth-order valence-electron chi connectivity index (χ4n) is 2.48. The SMILES string of the molecule is CO[C@H]1C[C@H](Nc2c(C(N)=O)nnc3ccc(Cl)cc23)C1. The van der Waals surface area contributed by atoms with Crippen molar-refractivity contribution in [2.75, 3.05) is 12.4 Å². The quantitative estimate of drug-likeness (QED) is 0.901. The van der Waals surface area contributed by atoms with Gasteiger partial charge in [-0.3, -0.25) is 4.79 Å². The predicted molar refractivity (Wildman–Crippen MR) is 80.5 cm³/mol. The standard InChI is InChI=1S/C14H15ClN4O2/c1-21-9-5-8(6-9)17-12-10-4-7(15)2-3-11(10)18-19-13(12)14(16)20/h2-4,8-9H,5-6H2,1H3,(H2,16,20)(H,17,18)/t8-,9-. The molecule has 1 aromatic carbocycles. The zero-order valence-corrected chi connectivity index (χ0v) is 12.2. The second kappa shape index (κ2) is 5.46. The van der Waals surface area contributed by atoms with Gasteiger partial charge in [-0.1, -0.05) is 11.6 Å². The lowest BCUT2D eigenvalue weighted by atomic mass is 9.89. The van der Waals surface area contributed by atoms with Crippen molar-refractivity contribution in [1.82, 2.24) is 10.2 Å². The number of amides is 1. The molecule has 0 spiro atoms. The topological polar surface area (TPSA) is 90.1 Å². The normalized spacial score (nSPS) is 21.0. The van der Waals surface area contributed by atoms with E-state index in [1.165, 1.54) is 0 Å². The average Bonchev–Trinajstić information content (AvgIpc) is 2.41. The van der Waals surface area contributed by atoms with E-state index >= 15 is 0 Å². The van der Waals surface area contributed by atoms with Crippen LogP contribution in [0.3, 0.4) is 0 Å². The van der Waals surface area contributed by atoms with Gasteiger partial charge in [0, 0.05) is 23.6 Å². The smallest absolute Gasteiger partial charge is 0.271 e. The molecular formula is C14H15ClN4O2. The molecule has 0 saturated heterocycles. The molecule has 0 atom stereocenters. The minimum atomic E-state index is -0.616. The lowest BCUT2D eigenvalue weighted by Gasteiger charge is -2.35. The molecule has 0 unspecified atom stereocenters. The largest absolute Gasteiger partial charge is 0.381 e. The van der Waals surface area contributed by atoms with E-state index in [9.17, 15) is 4.79 Å². The van der Waals surface area contributed by atoms with Crippen LogP contribution in [0.1, 0.15) is 23.3 Å². The maximum Gasteiger partial charge on any atom is 0.271 e. The molecule has 3 rings (SSSR count). The lowest BCUT2D eigenvalue weighted by Crippen LogP contribution is -2.40. The van der Waals surface area contributed by atoms with Crippen LogP contribution in [0.15, 0.2) is 18.2 Å². The Hall–Kier alpha value is -1.92. The molecule has 0 aliphatic heterocycles. The number of fused-ring (bicyclic) bond motifs is 1. The summed E-state index contributed by atoms with van der Waals surface area (Å²) in [4.78, 5) is 11.6. The van der Waals surface area contributed by atoms with Crippen LogP contribution in [0.25, 0.3) is 10.9 Å². The Labute approximate surface area is 126 Å². The number of methoxy groups -OCH3 is 1.